The lowest BCUT2D eigenvalue weighted by Crippen LogP contribution is -2.33. The minimum Gasteiger partial charge on any atom is -0.353 e. The summed E-state index contributed by atoms with van der Waals surface area (Å²) in [6, 6.07) is 6.78. The number of likely N-dealkylation sites (tertiary alicyclic amines) is 1. The van der Waals surface area contributed by atoms with Crippen molar-refractivity contribution < 1.29 is 4.79 Å². The molecule has 0 aromatic carbocycles. The number of aromatic nitrogens is 1. The van der Waals surface area contributed by atoms with E-state index in [4.69, 9.17) is 0 Å². The Morgan fingerprint density at radius 1 is 1.44 bits per heavy atom. The number of carbonyl (C=O) groups excluding carboxylic acids is 1. The summed E-state index contributed by atoms with van der Waals surface area (Å²) in [5.74, 6) is -0.0162. The third kappa shape index (κ3) is 2.99. The molecule has 0 saturated carbocycles. The largest absolute Gasteiger partial charge is 0.353 e. The summed E-state index contributed by atoms with van der Waals surface area (Å²) in [5, 5.41) is 13.2. The van der Waals surface area contributed by atoms with Crippen LogP contribution in [0.5, 0.6) is 0 Å². The molecule has 1 aliphatic carbocycles. The summed E-state index contributed by atoms with van der Waals surface area (Å²) < 4.78 is 2.14. The number of carbonyl (C=O) groups is 1. The van der Waals surface area contributed by atoms with Gasteiger partial charge in [-0.2, -0.15) is 5.26 Å². The monoisotopic (exact) mass is 354 g/mol. The lowest BCUT2D eigenvalue weighted by atomic mass is 10.1. The van der Waals surface area contributed by atoms with E-state index in [1.165, 1.54) is 10.6 Å². The van der Waals surface area contributed by atoms with Gasteiger partial charge in [0, 0.05) is 23.8 Å². The number of nitrogens with zero attached hydrogens (tertiary/aromatic N) is 3. The summed E-state index contributed by atoms with van der Waals surface area (Å²) in [4.78, 5) is 16.1. The zero-order valence-corrected chi connectivity index (χ0v) is 15.2. The zero-order chi connectivity index (χ0) is 17.4. The first kappa shape index (κ1) is 16.4. The van der Waals surface area contributed by atoms with Crippen LogP contribution in [-0.2, 0) is 24.7 Å². The molecule has 1 saturated heterocycles. The molecule has 4 rings (SSSR count). The first-order valence-corrected chi connectivity index (χ1v) is 9.69. The molecule has 6 heteroatoms. The van der Waals surface area contributed by atoms with Crippen LogP contribution in [0.2, 0.25) is 0 Å². The summed E-state index contributed by atoms with van der Waals surface area (Å²) >= 11 is 1.58. The van der Waals surface area contributed by atoms with Gasteiger partial charge in [0.2, 0.25) is 5.91 Å². The van der Waals surface area contributed by atoms with E-state index < -0.39 is 0 Å². The van der Waals surface area contributed by atoms with Crippen LogP contribution in [0.4, 0.5) is 5.00 Å². The lowest BCUT2D eigenvalue weighted by Gasteiger charge is -2.24. The number of hydrogen-bond acceptors (Lipinski definition) is 4. The second-order valence-electron chi connectivity index (χ2n) is 6.89. The normalized spacial score (nSPS) is 19.8. The Kier molecular flexibility index (Phi) is 4.36. The van der Waals surface area contributed by atoms with E-state index in [2.05, 4.69) is 46.2 Å². The van der Waals surface area contributed by atoms with E-state index in [1.54, 1.807) is 11.3 Å². The Hall–Kier alpha value is -2.10. The molecule has 130 valence electrons. The maximum absolute atomic E-state index is 12.6. The summed E-state index contributed by atoms with van der Waals surface area (Å²) in [6.07, 6.45) is 7.37. The number of hydrogen-bond donors (Lipinski definition) is 1. The topological polar surface area (TPSA) is 61.1 Å². The molecule has 1 atom stereocenters. The highest BCUT2D eigenvalue weighted by Gasteiger charge is 2.30. The minimum atomic E-state index is -0.0162. The molecule has 1 amide bonds. The van der Waals surface area contributed by atoms with Gasteiger partial charge in [0.15, 0.2) is 0 Å². The van der Waals surface area contributed by atoms with Crippen molar-refractivity contribution in [1.82, 2.24) is 9.47 Å². The third-order valence-electron chi connectivity index (χ3n) is 5.32. The van der Waals surface area contributed by atoms with E-state index in [-0.39, 0.29) is 5.91 Å². The van der Waals surface area contributed by atoms with Crippen molar-refractivity contribution >= 4 is 22.2 Å². The first-order chi connectivity index (χ1) is 12.2. The zero-order valence-electron chi connectivity index (χ0n) is 14.4. The van der Waals surface area contributed by atoms with Crippen LogP contribution in [0.1, 0.15) is 47.0 Å². The van der Waals surface area contributed by atoms with E-state index in [1.807, 2.05) is 0 Å². The van der Waals surface area contributed by atoms with Gasteiger partial charge in [-0.3, -0.25) is 9.69 Å². The number of amides is 1. The van der Waals surface area contributed by atoms with Gasteiger partial charge in [-0.05, 0) is 56.3 Å². The number of nitriles is 1. The summed E-state index contributed by atoms with van der Waals surface area (Å²) in [7, 11) is 2.05. The average molecular weight is 354 g/mol. The molecule has 0 spiro atoms. The maximum atomic E-state index is 12.6. The molecule has 2 aromatic rings. The van der Waals surface area contributed by atoms with Crippen LogP contribution in [0.15, 0.2) is 18.3 Å². The lowest BCUT2D eigenvalue weighted by molar-refractivity contribution is -0.117. The predicted octanol–water partition coefficient (Wildman–Crippen LogP) is 3.22. The minimum absolute atomic E-state index is 0.0162. The van der Waals surface area contributed by atoms with Gasteiger partial charge in [0.05, 0.1) is 18.2 Å². The molecule has 5 nitrogen and oxygen atoms in total. The second kappa shape index (κ2) is 6.66. The fourth-order valence-corrected chi connectivity index (χ4v) is 5.39. The Morgan fingerprint density at radius 3 is 3.08 bits per heavy atom. The van der Waals surface area contributed by atoms with Gasteiger partial charge >= 0.3 is 0 Å². The van der Waals surface area contributed by atoms with E-state index >= 15 is 0 Å². The van der Waals surface area contributed by atoms with Crippen LogP contribution in [0.3, 0.4) is 0 Å². The van der Waals surface area contributed by atoms with Crippen molar-refractivity contribution in [2.75, 3.05) is 18.4 Å². The van der Waals surface area contributed by atoms with Crippen molar-refractivity contribution in [3.63, 3.8) is 0 Å². The molecule has 0 unspecified atom stereocenters. The van der Waals surface area contributed by atoms with Crippen molar-refractivity contribution in [3.8, 4) is 6.07 Å². The number of thiophene rings is 1. The molecule has 2 aliphatic rings. The van der Waals surface area contributed by atoms with Gasteiger partial charge in [0.25, 0.3) is 0 Å². The predicted molar refractivity (Wildman–Crippen MR) is 98.6 cm³/mol. The quantitative estimate of drug-likeness (QED) is 0.917. The van der Waals surface area contributed by atoms with Gasteiger partial charge in [-0.1, -0.05) is 0 Å². The van der Waals surface area contributed by atoms with Gasteiger partial charge in [-0.15, -0.1) is 11.3 Å². The Labute approximate surface area is 151 Å². The number of rotatable bonds is 4. The molecular formula is C19H22N4OS. The smallest absolute Gasteiger partial charge is 0.239 e. The molecule has 2 aromatic heterocycles. The first-order valence-electron chi connectivity index (χ1n) is 8.87. The SMILES string of the molecule is Cn1cccc1[C@@H]1CCCN1CC(=O)Nc1sc2c(c1C#N)CCC2. The van der Waals surface area contributed by atoms with Crippen LogP contribution in [0.25, 0.3) is 0 Å². The molecule has 1 fully saturated rings. The molecule has 25 heavy (non-hydrogen) atoms. The van der Waals surface area contributed by atoms with E-state index in [0.29, 0.717) is 18.2 Å². The van der Waals surface area contributed by atoms with Crippen molar-refractivity contribution in [2.24, 2.45) is 7.05 Å². The highest BCUT2D eigenvalue weighted by molar-refractivity contribution is 7.16. The van der Waals surface area contributed by atoms with Crippen molar-refractivity contribution in [1.29, 1.82) is 5.26 Å². The Bertz CT molecular complexity index is 844. The van der Waals surface area contributed by atoms with Gasteiger partial charge in [0.1, 0.15) is 11.1 Å². The number of anilines is 1. The number of nitrogens with one attached hydrogen (secondary N) is 1. The number of aryl methyl sites for hydroxylation is 2. The second-order valence-corrected chi connectivity index (χ2v) is 8.00. The number of fused-ring (bicyclic) bond motifs is 1. The molecule has 0 radical (unpaired) electrons. The van der Waals surface area contributed by atoms with Gasteiger partial charge in [-0.25, -0.2) is 0 Å². The molecule has 0 bridgehead atoms. The molecular weight excluding hydrogens is 332 g/mol. The highest BCUT2D eigenvalue weighted by atomic mass is 32.1. The molecule has 1 aliphatic heterocycles. The van der Waals surface area contributed by atoms with Crippen LogP contribution in [-0.4, -0.2) is 28.5 Å². The van der Waals surface area contributed by atoms with Crippen LogP contribution in [0, 0.1) is 11.3 Å². The average Bonchev–Trinajstić information content (AvgIpc) is 3.32. The maximum Gasteiger partial charge on any atom is 0.239 e. The fourth-order valence-electron chi connectivity index (χ4n) is 4.13. The van der Waals surface area contributed by atoms with E-state index in [9.17, 15) is 10.1 Å². The van der Waals surface area contributed by atoms with E-state index in [0.717, 1.165) is 49.2 Å². The van der Waals surface area contributed by atoms with Crippen LogP contribution < -0.4 is 5.32 Å². The summed E-state index contributed by atoms with van der Waals surface area (Å²) in [6.45, 7) is 1.32. The Balaban J connectivity index is 1.46. The standard InChI is InChI=1S/C19H22N4OS/c1-22-9-3-6-15(22)16-7-4-10-23(16)12-18(24)21-19-14(11-20)13-5-2-8-17(13)25-19/h3,6,9,16H,2,4-5,7-8,10,12H2,1H3,(H,21,24)/t16-/m0/s1. The fraction of sp³-hybridized carbons (Fsp3) is 0.474. The molecule has 3 heterocycles. The highest BCUT2D eigenvalue weighted by Crippen LogP contribution is 2.38. The Morgan fingerprint density at radius 2 is 2.32 bits per heavy atom. The van der Waals surface area contributed by atoms with Gasteiger partial charge < -0.3 is 9.88 Å². The summed E-state index contributed by atoms with van der Waals surface area (Å²) in [5.41, 5.74) is 3.11. The van der Waals surface area contributed by atoms with Crippen molar-refractivity contribution in [2.45, 2.75) is 38.1 Å². The third-order valence-corrected chi connectivity index (χ3v) is 6.53. The van der Waals surface area contributed by atoms with Crippen LogP contribution >= 0.6 is 11.3 Å². The molecule has 1 N–H and O–H groups in total. The van der Waals surface area contributed by atoms with Crippen molar-refractivity contribution in [3.05, 3.63) is 40.0 Å².